The molecule has 0 aliphatic heterocycles. The fraction of sp³-hybridized carbons (Fsp3) is 0.400. The quantitative estimate of drug-likeness (QED) is 0.809. The number of anilines is 1. The van der Waals surface area contributed by atoms with Crippen molar-refractivity contribution in [2.45, 2.75) is 6.43 Å². The maximum atomic E-state index is 11.8. The first kappa shape index (κ1) is 12.1. The first-order valence-corrected chi connectivity index (χ1v) is 5.93. The van der Waals surface area contributed by atoms with Crippen LogP contribution in [0.4, 0.5) is 14.6 Å². The summed E-state index contributed by atoms with van der Waals surface area (Å²) in [5, 5.41) is 5.90. The van der Waals surface area contributed by atoms with Crippen LogP contribution < -0.4 is 5.32 Å². The predicted octanol–water partition coefficient (Wildman–Crippen LogP) is 2.38. The number of alkyl halides is 2. The SMILES string of the molecule is FC(F)COCCNc1ncnc2sccc12. The molecule has 0 aromatic carbocycles. The predicted molar refractivity (Wildman–Crippen MR) is 62.7 cm³/mol. The topological polar surface area (TPSA) is 47.0 Å². The molecular formula is C10H11F2N3OS. The van der Waals surface area contributed by atoms with Gasteiger partial charge in [0.2, 0.25) is 0 Å². The Hall–Kier alpha value is -1.34. The third-order valence-electron chi connectivity index (χ3n) is 2.04. The van der Waals surface area contributed by atoms with Crippen molar-refractivity contribution in [1.29, 1.82) is 0 Å². The first-order chi connectivity index (χ1) is 8.27. The van der Waals surface area contributed by atoms with Crippen LogP contribution in [0, 0.1) is 0 Å². The minimum absolute atomic E-state index is 0.222. The smallest absolute Gasteiger partial charge is 0.261 e. The summed E-state index contributed by atoms with van der Waals surface area (Å²) < 4.78 is 28.3. The Morgan fingerprint density at radius 3 is 3.12 bits per heavy atom. The standard InChI is InChI=1S/C10H11F2N3OS/c11-8(12)5-16-3-2-13-9-7-1-4-17-10(7)15-6-14-9/h1,4,6,8H,2-3,5H2,(H,13,14,15). The zero-order valence-corrected chi connectivity index (χ0v) is 9.71. The van der Waals surface area contributed by atoms with E-state index in [-0.39, 0.29) is 6.61 Å². The number of hydrogen-bond acceptors (Lipinski definition) is 5. The van der Waals surface area contributed by atoms with Gasteiger partial charge in [-0.1, -0.05) is 0 Å². The average molecular weight is 259 g/mol. The molecule has 0 aliphatic carbocycles. The minimum Gasteiger partial charge on any atom is -0.374 e. The molecule has 7 heteroatoms. The first-order valence-electron chi connectivity index (χ1n) is 5.05. The molecule has 0 amide bonds. The van der Waals surface area contributed by atoms with Crippen LogP contribution in [-0.4, -0.2) is 36.2 Å². The van der Waals surface area contributed by atoms with E-state index in [1.807, 2.05) is 11.4 Å². The van der Waals surface area contributed by atoms with E-state index in [9.17, 15) is 8.78 Å². The molecular weight excluding hydrogens is 248 g/mol. The monoisotopic (exact) mass is 259 g/mol. The average Bonchev–Trinajstić information content (AvgIpc) is 2.77. The molecule has 2 rings (SSSR count). The summed E-state index contributed by atoms with van der Waals surface area (Å²) in [6, 6.07) is 1.92. The van der Waals surface area contributed by atoms with Crippen LogP contribution in [0.3, 0.4) is 0 Å². The number of hydrogen-bond donors (Lipinski definition) is 1. The van der Waals surface area contributed by atoms with E-state index < -0.39 is 13.0 Å². The molecule has 2 heterocycles. The Bertz CT molecular complexity index is 477. The van der Waals surface area contributed by atoms with Gasteiger partial charge in [0.15, 0.2) is 0 Å². The van der Waals surface area contributed by atoms with Gasteiger partial charge < -0.3 is 10.1 Å². The Kier molecular flexibility index (Phi) is 4.16. The van der Waals surface area contributed by atoms with Crippen LogP contribution in [0.15, 0.2) is 17.8 Å². The Labute approximate surface area is 101 Å². The van der Waals surface area contributed by atoms with Crippen molar-refractivity contribution in [3.63, 3.8) is 0 Å². The lowest BCUT2D eigenvalue weighted by molar-refractivity contribution is 0.0215. The van der Waals surface area contributed by atoms with Gasteiger partial charge in [0.05, 0.1) is 12.0 Å². The van der Waals surface area contributed by atoms with E-state index >= 15 is 0 Å². The van der Waals surface area contributed by atoms with Crippen LogP contribution in [0.2, 0.25) is 0 Å². The van der Waals surface area contributed by atoms with Crippen molar-refractivity contribution in [2.75, 3.05) is 25.1 Å². The second-order valence-corrected chi connectivity index (χ2v) is 4.15. The fourth-order valence-electron chi connectivity index (χ4n) is 1.34. The van der Waals surface area contributed by atoms with Crippen LogP contribution in [0.5, 0.6) is 0 Å². The second kappa shape index (κ2) is 5.83. The van der Waals surface area contributed by atoms with Gasteiger partial charge in [0.25, 0.3) is 6.43 Å². The van der Waals surface area contributed by atoms with Crippen molar-refractivity contribution in [2.24, 2.45) is 0 Å². The van der Waals surface area contributed by atoms with Gasteiger partial charge in [-0.2, -0.15) is 0 Å². The fourth-order valence-corrected chi connectivity index (χ4v) is 2.08. The highest BCUT2D eigenvalue weighted by atomic mass is 32.1. The molecule has 0 saturated heterocycles. The summed E-state index contributed by atoms with van der Waals surface area (Å²) in [4.78, 5) is 9.10. The summed E-state index contributed by atoms with van der Waals surface area (Å²) in [6.45, 7) is 0.133. The molecule has 0 saturated carbocycles. The van der Waals surface area contributed by atoms with Crippen molar-refractivity contribution in [3.05, 3.63) is 17.8 Å². The summed E-state index contributed by atoms with van der Waals surface area (Å²) in [5.41, 5.74) is 0. The molecule has 1 N–H and O–H groups in total. The zero-order valence-electron chi connectivity index (χ0n) is 8.90. The maximum Gasteiger partial charge on any atom is 0.261 e. The van der Waals surface area contributed by atoms with Gasteiger partial charge in [0, 0.05) is 6.54 Å². The molecule has 0 radical (unpaired) electrons. The molecule has 2 aromatic heterocycles. The zero-order chi connectivity index (χ0) is 12.1. The van der Waals surface area contributed by atoms with Gasteiger partial charge in [-0.25, -0.2) is 18.7 Å². The molecule has 0 atom stereocenters. The van der Waals surface area contributed by atoms with Gasteiger partial charge in [-0.15, -0.1) is 11.3 Å². The lowest BCUT2D eigenvalue weighted by Gasteiger charge is -2.06. The molecule has 92 valence electrons. The van der Waals surface area contributed by atoms with Crippen molar-refractivity contribution in [3.8, 4) is 0 Å². The Morgan fingerprint density at radius 2 is 2.29 bits per heavy atom. The van der Waals surface area contributed by atoms with Crippen LogP contribution in [0.25, 0.3) is 10.2 Å². The molecule has 17 heavy (non-hydrogen) atoms. The van der Waals surface area contributed by atoms with E-state index in [1.165, 1.54) is 17.7 Å². The van der Waals surface area contributed by atoms with Gasteiger partial charge in [0.1, 0.15) is 23.6 Å². The largest absolute Gasteiger partial charge is 0.374 e. The second-order valence-electron chi connectivity index (χ2n) is 3.25. The number of aromatic nitrogens is 2. The summed E-state index contributed by atoms with van der Waals surface area (Å²) >= 11 is 1.53. The highest BCUT2D eigenvalue weighted by Crippen LogP contribution is 2.23. The molecule has 0 spiro atoms. The molecule has 0 unspecified atom stereocenters. The summed E-state index contributed by atoms with van der Waals surface area (Å²) in [7, 11) is 0. The van der Waals surface area contributed by atoms with Gasteiger partial charge in [-0.05, 0) is 11.4 Å². The van der Waals surface area contributed by atoms with Crippen molar-refractivity contribution >= 4 is 27.4 Å². The minimum atomic E-state index is -2.42. The van der Waals surface area contributed by atoms with E-state index in [4.69, 9.17) is 4.74 Å². The molecule has 4 nitrogen and oxygen atoms in total. The van der Waals surface area contributed by atoms with E-state index in [0.29, 0.717) is 12.4 Å². The number of fused-ring (bicyclic) bond motifs is 1. The number of rotatable bonds is 6. The van der Waals surface area contributed by atoms with Gasteiger partial charge in [-0.3, -0.25) is 0 Å². The third-order valence-corrected chi connectivity index (χ3v) is 2.87. The highest BCUT2D eigenvalue weighted by Gasteiger charge is 2.04. The van der Waals surface area contributed by atoms with Crippen LogP contribution >= 0.6 is 11.3 Å². The molecule has 0 aliphatic rings. The number of thiophene rings is 1. The van der Waals surface area contributed by atoms with Gasteiger partial charge >= 0.3 is 0 Å². The Balaban J connectivity index is 1.84. The van der Waals surface area contributed by atoms with Crippen molar-refractivity contribution in [1.82, 2.24) is 9.97 Å². The number of nitrogens with one attached hydrogen (secondary N) is 1. The van der Waals surface area contributed by atoms with E-state index in [1.54, 1.807) is 0 Å². The normalized spacial score (nSPS) is 11.2. The summed E-state index contributed by atoms with van der Waals surface area (Å²) in [5.74, 6) is 0.705. The Morgan fingerprint density at radius 1 is 1.41 bits per heavy atom. The highest BCUT2D eigenvalue weighted by molar-refractivity contribution is 7.16. The number of ether oxygens (including phenoxy) is 1. The number of halogens is 2. The van der Waals surface area contributed by atoms with E-state index in [0.717, 1.165) is 10.2 Å². The molecule has 0 fully saturated rings. The van der Waals surface area contributed by atoms with E-state index in [2.05, 4.69) is 15.3 Å². The van der Waals surface area contributed by atoms with Crippen LogP contribution in [0.1, 0.15) is 0 Å². The van der Waals surface area contributed by atoms with Crippen molar-refractivity contribution < 1.29 is 13.5 Å². The molecule has 2 aromatic rings. The third kappa shape index (κ3) is 3.31. The molecule has 0 bridgehead atoms. The lowest BCUT2D eigenvalue weighted by atomic mass is 10.4. The summed E-state index contributed by atoms with van der Waals surface area (Å²) in [6.07, 6.45) is -0.945. The maximum absolute atomic E-state index is 11.8. The van der Waals surface area contributed by atoms with Crippen LogP contribution in [-0.2, 0) is 4.74 Å². The number of nitrogens with zero attached hydrogens (tertiary/aromatic N) is 2. The lowest BCUT2D eigenvalue weighted by Crippen LogP contribution is -2.13.